The number of nitrogens with one attached hydrogen (secondary N) is 1. The zero-order valence-corrected chi connectivity index (χ0v) is 9.40. The van der Waals surface area contributed by atoms with Crippen molar-refractivity contribution in [3.8, 4) is 0 Å². The minimum Gasteiger partial charge on any atom is -0.355 e. The van der Waals surface area contributed by atoms with Gasteiger partial charge in [-0.1, -0.05) is 30.3 Å². The fraction of sp³-hybridized carbons (Fsp3) is 0.300. The summed E-state index contributed by atoms with van der Waals surface area (Å²) in [5, 5.41) is 2.41. The van der Waals surface area contributed by atoms with Gasteiger partial charge in [0.2, 0.25) is 5.91 Å². The molecule has 0 aliphatic rings. The van der Waals surface area contributed by atoms with Crippen molar-refractivity contribution in [2.45, 2.75) is 6.42 Å². The zero-order valence-electron chi connectivity index (χ0n) is 8.59. The Labute approximate surface area is 94.2 Å². The molecule has 0 spiro atoms. The van der Waals surface area contributed by atoms with Crippen molar-refractivity contribution in [3.63, 3.8) is 0 Å². The van der Waals surface area contributed by atoms with Gasteiger partial charge in [-0.05, 0) is 5.56 Å². The second kappa shape index (κ2) is 5.62. The summed E-state index contributed by atoms with van der Waals surface area (Å²) in [6.07, 6.45) is 0.201. The standard InChI is InChI=1S/C10H13NO4S/c12-10(11-6-7-16(13,14)15)8-9-4-2-1-3-5-9/h1-5H,6-8H2,(H,11,12)(H,13,14,15). The van der Waals surface area contributed by atoms with Crippen molar-refractivity contribution in [3.05, 3.63) is 35.9 Å². The lowest BCUT2D eigenvalue weighted by atomic mass is 10.1. The Morgan fingerprint density at radius 3 is 2.44 bits per heavy atom. The van der Waals surface area contributed by atoms with Gasteiger partial charge in [0.15, 0.2) is 0 Å². The van der Waals surface area contributed by atoms with E-state index in [1.807, 2.05) is 30.3 Å². The van der Waals surface area contributed by atoms with Crippen molar-refractivity contribution < 1.29 is 17.8 Å². The number of amides is 1. The molecule has 1 aromatic rings. The molecule has 1 aromatic carbocycles. The highest BCUT2D eigenvalue weighted by molar-refractivity contribution is 7.85. The summed E-state index contributed by atoms with van der Waals surface area (Å²) >= 11 is 0. The van der Waals surface area contributed by atoms with Gasteiger partial charge < -0.3 is 5.32 Å². The topological polar surface area (TPSA) is 83.5 Å². The number of carbonyl (C=O) groups is 1. The average molecular weight is 243 g/mol. The van der Waals surface area contributed by atoms with E-state index >= 15 is 0 Å². The molecule has 0 aliphatic carbocycles. The Morgan fingerprint density at radius 1 is 1.25 bits per heavy atom. The van der Waals surface area contributed by atoms with Crippen LogP contribution < -0.4 is 5.32 Å². The van der Waals surface area contributed by atoms with Crippen LogP contribution in [0.4, 0.5) is 0 Å². The molecule has 0 bridgehead atoms. The third kappa shape index (κ3) is 5.47. The average Bonchev–Trinajstić information content (AvgIpc) is 2.17. The van der Waals surface area contributed by atoms with E-state index in [-0.39, 0.29) is 18.9 Å². The predicted molar refractivity (Wildman–Crippen MR) is 59.6 cm³/mol. The van der Waals surface area contributed by atoms with E-state index in [0.717, 1.165) is 5.56 Å². The minimum atomic E-state index is -4.01. The maximum absolute atomic E-state index is 11.3. The molecule has 0 saturated heterocycles. The summed E-state index contributed by atoms with van der Waals surface area (Å²) in [4.78, 5) is 11.3. The molecule has 0 heterocycles. The lowest BCUT2D eigenvalue weighted by Gasteiger charge is -2.03. The molecule has 0 unspecified atom stereocenters. The molecule has 6 heteroatoms. The molecule has 0 radical (unpaired) electrons. The summed E-state index contributed by atoms with van der Waals surface area (Å²) in [6, 6.07) is 9.10. The molecule has 16 heavy (non-hydrogen) atoms. The predicted octanol–water partition coefficient (Wildman–Crippen LogP) is 0.233. The normalized spacial score (nSPS) is 11.1. The van der Waals surface area contributed by atoms with Crippen LogP contribution in [0.25, 0.3) is 0 Å². The van der Waals surface area contributed by atoms with Gasteiger partial charge in [-0.2, -0.15) is 8.42 Å². The van der Waals surface area contributed by atoms with Crippen LogP contribution in [0.1, 0.15) is 5.56 Å². The van der Waals surface area contributed by atoms with E-state index in [1.54, 1.807) is 0 Å². The van der Waals surface area contributed by atoms with E-state index in [0.29, 0.717) is 0 Å². The monoisotopic (exact) mass is 243 g/mol. The zero-order chi connectivity index (χ0) is 12.0. The summed E-state index contributed by atoms with van der Waals surface area (Å²) < 4.78 is 29.2. The van der Waals surface area contributed by atoms with Gasteiger partial charge in [-0.25, -0.2) is 0 Å². The first-order chi connectivity index (χ1) is 7.47. The summed E-state index contributed by atoms with van der Waals surface area (Å²) in [7, 11) is -4.01. The van der Waals surface area contributed by atoms with E-state index in [9.17, 15) is 13.2 Å². The first kappa shape index (κ1) is 12.7. The number of carbonyl (C=O) groups excluding carboxylic acids is 1. The third-order valence-corrected chi connectivity index (χ3v) is 2.61. The van der Waals surface area contributed by atoms with Crippen molar-refractivity contribution in [1.82, 2.24) is 5.32 Å². The number of hydrogen-bond donors (Lipinski definition) is 2. The fourth-order valence-electron chi connectivity index (χ4n) is 1.16. The van der Waals surface area contributed by atoms with Crippen molar-refractivity contribution in [1.29, 1.82) is 0 Å². The molecule has 5 nitrogen and oxygen atoms in total. The molecule has 2 N–H and O–H groups in total. The van der Waals surface area contributed by atoms with Crippen molar-refractivity contribution in [2.75, 3.05) is 12.3 Å². The fourth-order valence-corrected chi connectivity index (χ4v) is 1.52. The maximum Gasteiger partial charge on any atom is 0.266 e. The van der Waals surface area contributed by atoms with E-state index in [4.69, 9.17) is 4.55 Å². The van der Waals surface area contributed by atoms with Gasteiger partial charge in [0.1, 0.15) is 0 Å². The minimum absolute atomic E-state index is 0.0789. The van der Waals surface area contributed by atoms with Gasteiger partial charge in [0.25, 0.3) is 10.1 Å². The Balaban J connectivity index is 2.32. The van der Waals surface area contributed by atoms with Gasteiger partial charge in [-0.3, -0.25) is 9.35 Å². The third-order valence-electron chi connectivity index (χ3n) is 1.89. The molecule has 0 aliphatic heterocycles. The van der Waals surface area contributed by atoms with Crippen LogP contribution in [0.3, 0.4) is 0 Å². The second-order valence-electron chi connectivity index (χ2n) is 3.30. The van der Waals surface area contributed by atoms with Crippen LogP contribution in [0.5, 0.6) is 0 Å². The quantitative estimate of drug-likeness (QED) is 0.725. The highest BCUT2D eigenvalue weighted by Crippen LogP contribution is 1.98. The van der Waals surface area contributed by atoms with Gasteiger partial charge in [-0.15, -0.1) is 0 Å². The smallest absolute Gasteiger partial charge is 0.266 e. The summed E-state index contributed by atoms with van der Waals surface area (Å²) in [6.45, 7) is -0.0789. The Hall–Kier alpha value is -1.40. The molecule has 0 fully saturated rings. The molecule has 1 rings (SSSR count). The molecule has 0 aromatic heterocycles. The number of rotatable bonds is 5. The van der Waals surface area contributed by atoms with Crippen LogP contribution in [0.2, 0.25) is 0 Å². The number of hydrogen-bond acceptors (Lipinski definition) is 3. The van der Waals surface area contributed by atoms with Crippen LogP contribution in [-0.4, -0.2) is 31.2 Å². The molecular weight excluding hydrogens is 230 g/mol. The first-order valence-corrected chi connectivity index (χ1v) is 6.34. The summed E-state index contributed by atoms with van der Waals surface area (Å²) in [5.41, 5.74) is 0.854. The van der Waals surface area contributed by atoms with Gasteiger partial charge in [0, 0.05) is 6.54 Å². The lowest BCUT2D eigenvalue weighted by Crippen LogP contribution is -2.30. The van der Waals surface area contributed by atoms with E-state index < -0.39 is 15.9 Å². The SMILES string of the molecule is O=C(Cc1ccccc1)NCCS(=O)(=O)O. The molecule has 0 atom stereocenters. The number of benzene rings is 1. The van der Waals surface area contributed by atoms with Gasteiger partial charge >= 0.3 is 0 Å². The Bertz CT molecular complexity index is 441. The molecular formula is C10H13NO4S. The van der Waals surface area contributed by atoms with Crippen LogP contribution in [0, 0.1) is 0 Å². The van der Waals surface area contributed by atoms with Crippen LogP contribution in [-0.2, 0) is 21.3 Å². The molecule has 1 amide bonds. The van der Waals surface area contributed by atoms with Crippen LogP contribution in [0.15, 0.2) is 30.3 Å². The highest BCUT2D eigenvalue weighted by Gasteiger charge is 2.06. The Morgan fingerprint density at radius 2 is 1.88 bits per heavy atom. The summed E-state index contributed by atoms with van der Waals surface area (Å²) in [5.74, 6) is -0.733. The first-order valence-electron chi connectivity index (χ1n) is 4.73. The van der Waals surface area contributed by atoms with Crippen molar-refractivity contribution >= 4 is 16.0 Å². The molecule has 0 saturated carbocycles. The second-order valence-corrected chi connectivity index (χ2v) is 4.87. The van der Waals surface area contributed by atoms with E-state index in [2.05, 4.69) is 5.32 Å². The highest BCUT2D eigenvalue weighted by atomic mass is 32.2. The maximum atomic E-state index is 11.3. The van der Waals surface area contributed by atoms with Crippen molar-refractivity contribution in [2.24, 2.45) is 0 Å². The molecule has 88 valence electrons. The Kier molecular flexibility index (Phi) is 4.45. The van der Waals surface area contributed by atoms with Gasteiger partial charge in [0.05, 0.1) is 12.2 Å². The lowest BCUT2D eigenvalue weighted by molar-refractivity contribution is -0.120. The van der Waals surface area contributed by atoms with E-state index in [1.165, 1.54) is 0 Å². The largest absolute Gasteiger partial charge is 0.355 e. The van der Waals surface area contributed by atoms with Crippen LogP contribution >= 0.6 is 0 Å².